The molecule has 0 spiro atoms. The molecule has 2 aromatic heterocycles. The molecule has 0 radical (unpaired) electrons. The maximum absolute atomic E-state index is 6.19. The number of aryl methyl sites for hydroxylation is 1. The summed E-state index contributed by atoms with van der Waals surface area (Å²) in [6.07, 6.45) is 8.52. The number of halogens is 1. The molecule has 0 unspecified atom stereocenters. The van der Waals surface area contributed by atoms with Crippen LogP contribution in [0.5, 0.6) is 0 Å². The average Bonchev–Trinajstić information content (AvgIpc) is 2.50. The van der Waals surface area contributed by atoms with Crippen molar-refractivity contribution < 1.29 is 0 Å². The van der Waals surface area contributed by atoms with Gasteiger partial charge in [-0.05, 0) is 18.1 Å². The molecular weight excluding hydrogens is 284 g/mol. The normalized spacial score (nSPS) is 15.0. The third-order valence-electron chi connectivity index (χ3n) is 3.79. The lowest BCUT2D eigenvalue weighted by molar-refractivity contribution is 0.242. The first-order chi connectivity index (χ1) is 10.3. The first-order valence-corrected chi connectivity index (χ1v) is 7.78. The van der Waals surface area contributed by atoms with Crippen LogP contribution in [0.4, 0.5) is 0 Å². The van der Waals surface area contributed by atoms with Crippen LogP contribution in [0.1, 0.15) is 36.0 Å². The molecule has 3 heterocycles. The van der Waals surface area contributed by atoms with Crippen molar-refractivity contribution >= 4 is 11.6 Å². The molecule has 0 aliphatic carbocycles. The average molecular weight is 303 g/mol. The van der Waals surface area contributed by atoms with Crippen LogP contribution >= 0.6 is 11.6 Å². The second-order valence-electron chi connectivity index (χ2n) is 5.44. The van der Waals surface area contributed by atoms with Crippen molar-refractivity contribution in [3.63, 3.8) is 0 Å². The van der Waals surface area contributed by atoms with Crippen molar-refractivity contribution in [2.75, 3.05) is 6.54 Å². The third kappa shape index (κ3) is 3.39. The predicted molar refractivity (Wildman–Crippen MR) is 83.1 cm³/mol. The van der Waals surface area contributed by atoms with Crippen molar-refractivity contribution in [2.45, 2.75) is 39.3 Å². The van der Waals surface area contributed by atoms with Crippen molar-refractivity contribution in [1.29, 1.82) is 0 Å². The largest absolute Gasteiger partial charge is 0.294 e. The minimum Gasteiger partial charge on any atom is -0.294 e. The van der Waals surface area contributed by atoms with Crippen LogP contribution in [0.25, 0.3) is 0 Å². The minimum absolute atomic E-state index is 0.734. The second kappa shape index (κ2) is 6.50. The molecule has 0 N–H and O–H groups in total. The number of aromatic nitrogens is 3. The predicted octanol–water partition coefficient (Wildman–Crippen LogP) is 3.04. The zero-order chi connectivity index (χ0) is 14.7. The molecule has 2 aromatic rings. The maximum atomic E-state index is 6.19. The third-order valence-corrected chi connectivity index (χ3v) is 4.13. The minimum atomic E-state index is 0.734. The molecule has 4 nitrogen and oxygen atoms in total. The summed E-state index contributed by atoms with van der Waals surface area (Å²) < 4.78 is 0. The molecule has 110 valence electrons. The highest BCUT2D eigenvalue weighted by atomic mass is 35.5. The Kier molecular flexibility index (Phi) is 4.46. The van der Waals surface area contributed by atoms with Gasteiger partial charge in [-0.25, -0.2) is 9.97 Å². The van der Waals surface area contributed by atoms with Gasteiger partial charge in [-0.2, -0.15) is 0 Å². The monoisotopic (exact) mass is 302 g/mol. The van der Waals surface area contributed by atoms with Gasteiger partial charge in [0.25, 0.3) is 0 Å². The van der Waals surface area contributed by atoms with E-state index >= 15 is 0 Å². The highest BCUT2D eigenvalue weighted by Gasteiger charge is 2.19. The van der Waals surface area contributed by atoms with E-state index < -0.39 is 0 Å². The van der Waals surface area contributed by atoms with Crippen molar-refractivity contribution in [2.24, 2.45) is 0 Å². The highest BCUT2D eigenvalue weighted by molar-refractivity contribution is 6.31. The maximum Gasteiger partial charge on any atom is 0.128 e. The number of pyridine rings is 1. The summed E-state index contributed by atoms with van der Waals surface area (Å²) in [4.78, 5) is 15.6. The van der Waals surface area contributed by atoms with Crippen molar-refractivity contribution in [3.05, 3.63) is 52.3 Å². The van der Waals surface area contributed by atoms with Crippen LogP contribution in [0.3, 0.4) is 0 Å². The molecule has 0 aromatic carbocycles. The SMILES string of the molecule is CCCc1ncc2c(n1)CCN(Cc1ccncc1Cl)C2. The highest BCUT2D eigenvalue weighted by Crippen LogP contribution is 2.21. The zero-order valence-electron chi connectivity index (χ0n) is 12.2. The van der Waals surface area contributed by atoms with Gasteiger partial charge in [0.05, 0.1) is 5.02 Å². The summed E-state index contributed by atoms with van der Waals surface area (Å²) in [6, 6.07) is 1.98. The fourth-order valence-electron chi connectivity index (χ4n) is 2.67. The molecule has 1 aliphatic rings. The summed E-state index contributed by atoms with van der Waals surface area (Å²) in [5, 5.41) is 0.734. The fraction of sp³-hybridized carbons (Fsp3) is 0.438. The summed E-state index contributed by atoms with van der Waals surface area (Å²) in [5.74, 6) is 0.974. The van der Waals surface area contributed by atoms with E-state index in [9.17, 15) is 0 Å². The van der Waals surface area contributed by atoms with E-state index in [1.54, 1.807) is 12.4 Å². The van der Waals surface area contributed by atoms with Crippen LogP contribution in [0.2, 0.25) is 5.02 Å². The Bertz CT molecular complexity index is 629. The number of fused-ring (bicyclic) bond motifs is 1. The van der Waals surface area contributed by atoms with Crippen molar-refractivity contribution in [1.82, 2.24) is 19.9 Å². The Labute approximate surface area is 130 Å². The summed E-state index contributed by atoms with van der Waals surface area (Å²) >= 11 is 6.19. The fourth-order valence-corrected chi connectivity index (χ4v) is 2.85. The van der Waals surface area contributed by atoms with Gasteiger partial charge in [-0.3, -0.25) is 9.88 Å². The van der Waals surface area contributed by atoms with Crippen LogP contribution < -0.4 is 0 Å². The van der Waals surface area contributed by atoms with E-state index in [0.717, 1.165) is 55.3 Å². The van der Waals surface area contributed by atoms with Crippen LogP contribution in [-0.2, 0) is 25.9 Å². The topological polar surface area (TPSA) is 41.9 Å². The van der Waals surface area contributed by atoms with Crippen LogP contribution in [0.15, 0.2) is 24.7 Å². The van der Waals surface area contributed by atoms with Gasteiger partial charge in [-0.1, -0.05) is 18.5 Å². The van der Waals surface area contributed by atoms with Gasteiger partial charge in [0.1, 0.15) is 5.82 Å². The van der Waals surface area contributed by atoms with E-state index in [2.05, 4.69) is 26.8 Å². The first kappa shape index (κ1) is 14.4. The van der Waals surface area contributed by atoms with Gasteiger partial charge in [-0.15, -0.1) is 0 Å². The lowest BCUT2D eigenvalue weighted by atomic mass is 10.1. The molecule has 0 bridgehead atoms. The molecule has 0 atom stereocenters. The lowest BCUT2D eigenvalue weighted by Gasteiger charge is -2.28. The van der Waals surface area contributed by atoms with Gasteiger partial charge < -0.3 is 0 Å². The van der Waals surface area contributed by atoms with Gasteiger partial charge >= 0.3 is 0 Å². The summed E-state index contributed by atoms with van der Waals surface area (Å²) in [6.45, 7) is 4.90. The first-order valence-electron chi connectivity index (χ1n) is 7.40. The molecule has 0 saturated carbocycles. The Morgan fingerprint density at radius 1 is 1.33 bits per heavy atom. The quantitative estimate of drug-likeness (QED) is 0.870. The van der Waals surface area contributed by atoms with Gasteiger partial charge in [0, 0.05) is 62.3 Å². The Balaban J connectivity index is 1.71. The zero-order valence-corrected chi connectivity index (χ0v) is 13.0. The van der Waals surface area contributed by atoms with E-state index in [4.69, 9.17) is 11.6 Å². The van der Waals surface area contributed by atoms with Gasteiger partial charge in [0.2, 0.25) is 0 Å². The molecule has 0 fully saturated rings. The van der Waals surface area contributed by atoms with Crippen LogP contribution in [0, 0.1) is 0 Å². The molecule has 5 heteroatoms. The summed E-state index contributed by atoms with van der Waals surface area (Å²) in [5.41, 5.74) is 3.58. The van der Waals surface area contributed by atoms with E-state index in [0.29, 0.717) is 0 Å². The Morgan fingerprint density at radius 2 is 2.24 bits per heavy atom. The number of rotatable bonds is 4. The number of nitrogens with zero attached hydrogens (tertiary/aromatic N) is 4. The molecule has 0 amide bonds. The van der Waals surface area contributed by atoms with E-state index in [-0.39, 0.29) is 0 Å². The molecule has 1 aliphatic heterocycles. The number of hydrogen-bond acceptors (Lipinski definition) is 4. The van der Waals surface area contributed by atoms with Crippen LogP contribution in [-0.4, -0.2) is 26.4 Å². The molecular formula is C16H19ClN4. The Morgan fingerprint density at radius 3 is 3.05 bits per heavy atom. The lowest BCUT2D eigenvalue weighted by Crippen LogP contribution is -2.31. The molecule has 3 rings (SSSR count). The summed E-state index contributed by atoms with van der Waals surface area (Å²) in [7, 11) is 0. The standard InChI is InChI=1S/C16H19ClN4/c1-2-3-16-19-8-13-11-21(7-5-15(13)20-16)10-12-4-6-18-9-14(12)17/h4,6,8-9H,2-3,5,7,10-11H2,1H3. The van der Waals surface area contributed by atoms with Gasteiger partial charge in [0.15, 0.2) is 0 Å². The molecule has 0 saturated heterocycles. The second-order valence-corrected chi connectivity index (χ2v) is 5.84. The Hall–Kier alpha value is -1.52. The smallest absolute Gasteiger partial charge is 0.128 e. The van der Waals surface area contributed by atoms with E-state index in [1.807, 2.05) is 12.3 Å². The molecule has 21 heavy (non-hydrogen) atoms. The van der Waals surface area contributed by atoms with Crippen molar-refractivity contribution in [3.8, 4) is 0 Å². The number of hydrogen-bond donors (Lipinski definition) is 0. The van der Waals surface area contributed by atoms with E-state index in [1.165, 1.54) is 11.3 Å².